The van der Waals surface area contributed by atoms with Gasteiger partial charge in [0.05, 0.1) is 0 Å². The number of aromatic amines is 1. The van der Waals surface area contributed by atoms with Crippen LogP contribution in [-0.2, 0) is 4.79 Å². The van der Waals surface area contributed by atoms with E-state index in [1.54, 1.807) is 12.3 Å². The van der Waals surface area contributed by atoms with E-state index in [4.69, 9.17) is 0 Å². The molecule has 5 nitrogen and oxygen atoms in total. The van der Waals surface area contributed by atoms with Gasteiger partial charge in [0, 0.05) is 38.8 Å². The summed E-state index contributed by atoms with van der Waals surface area (Å²) in [6, 6.07) is 3.61. The molecule has 3 rings (SSSR count). The Morgan fingerprint density at radius 2 is 1.90 bits per heavy atom. The lowest BCUT2D eigenvalue weighted by molar-refractivity contribution is -0.131. The van der Waals surface area contributed by atoms with Crippen LogP contribution >= 0.6 is 0 Å². The Kier molecular flexibility index (Phi) is 4.08. The lowest BCUT2D eigenvalue weighted by Gasteiger charge is -2.34. The molecule has 0 radical (unpaired) electrons. The molecule has 1 aromatic heterocycles. The molecule has 0 atom stereocenters. The van der Waals surface area contributed by atoms with Gasteiger partial charge in [-0.25, -0.2) is 0 Å². The fourth-order valence-electron chi connectivity index (χ4n) is 3.00. The zero-order valence-corrected chi connectivity index (χ0v) is 12.2. The van der Waals surface area contributed by atoms with Crippen LogP contribution in [0, 0.1) is 0 Å². The molecule has 0 aromatic carbocycles. The summed E-state index contributed by atoms with van der Waals surface area (Å²) in [7, 11) is 0. The highest BCUT2D eigenvalue weighted by Crippen LogP contribution is 2.21. The Balaban J connectivity index is 1.50. The highest BCUT2D eigenvalue weighted by Gasteiger charge is 2.25. The Labute approximate surface area is 124 Å². The van der Waals surface area contributed by atoms with Crippen molar-refractivity contribution in [3.05, 3.63) is 35.7 Å². The van der Waals surface area contributed by atoms with Gasteiger partial charge in [0.2, 0.25) is 5.91 Å². The number of amides is 2. The van der Waals surface area contributed by atoms with Crippen LogP contribution in [0.4, 0.5) is 0 Å². The molecule has 1 fully saturated rings. The third kappa shape index (κ3) is 3.17. The predicted octanol–water partition coefficient (Wildman–Crippen LogP) is 1.80. The average Bonchev–Trinajstić information content (AvgIpc) is 3.20. The maximum absolute atomic E-state index is 12.2. The van der Waals surface area contributed by atoms with Crippen LogP contribution < -0.4 is 0 Å². The predicted molar refractivity (Wildman–Crippen MR) is 79.8 cm³/mol. The molecule has 5 heteroatoms. The van der Waals surface area contributed by atoms with Gasteiger partial charge in [-0.05, 0) is 31.4 Å². The van der Waals surface area contributed by atoms with Gasteiger partial charge < -0.3 is 14.8 Å². The summed E-state index contributed by atoms with van der Waals surface area (Å²) in [5, 5.41) is 0. The molecule has 2 amide bonds. The molecule has 0 unspecified atom stereocenters. The first kappa shape index (κ1) is 13.9. The standard InChI is InChI=1S/C16H21N3O2/c20-15(12-13-4-1-2-5-13)18-8-10-19(11-9-18)16(21)14-6-3-7-17-14/h3-4,6-7,17H,1-2,5,8-12H2. The first-order valence-corrected chi connectivity index (χ1v) is 7.62. The number of carbonyl (C=O) groups excluding carboxylic acids is 2. The highest BCUT2D eigenvalue weighted by atomic mass is 16.2. The quantitative estimate of drug-likeness (QED) is 0.862. The van der Waals surface area contributed by atoms with Gasteiger partial charge in [-0.3, -0.25) is 9.59 Å². The van der Waals surface area contributed by atoms with E-state index in [1.807, 2.05) is 15.9 Å². The summed E-state index contributed by atoms with van der Waals surface area (Å²) in [6.45, 7) is 2.50. The molecule has 1 aliphatic heterocycles. The SMILES string of the molecule is O=C(CC1=CCCC1)N1CCN(C(=O)c2ccc[nH]2)CC1. The largest absolute Gasteiger partial charge is 0.357 e. The monoisotopic (exact) mass is 287 g/mol. The fourth-order valence-corrected chi connectivity index (χ4v) is 3.00. The molecule has 1 aliphatic carbocycles. The number of hydrogen-bond acceptors (Lipinski definition) is 2. The molecule has 2 heterocycles. The van der Waals surface area contributed by atoms with Crippen molar-refractivity contribution in [2.24, 2.45) is 0 Å². The van der Waals surface area contributed by atoms with E-state index in [9.17, 15) is 9.59 Å². The maximum Gasteiger partial charge on any atom is 0.270 e. The second-order valence-electron chi connectivity index (χ2n) is 5.69. The van der Waals surface area contributed by atoms with E-state index >= 15 is 0 Å². The van der Waals surface area contributed by atoms with Gasteiger partial charge in [0.1, 0.15) is 5.69 Å². The Morgan fingerprint density at radius 3 is 2.52 bits per heavy atom. The lowest BCUT2D eigenvalue weighted by Crippen LogP contribution is -2.50. The molecular weight excluding hydrogens is 266 g/mol. The summed E-state index contributed by atoms with van der Waals surface area (Å²) in [5.74, 6) is 0.223. The van der Waals surface area contributed by atoms with Gasteiger partial charge in [0.15, 0.2) is 0 Å². The molecule has 2 aliphatic rings. The smallest absolute Gasteiger partial charge is 0.270 e. The topological polar surface area (TPSA) is 56.4 Å². The molecule has 0 saturated carbocycles. The number of rotatable bonds is 3. The number of aromatic nitrogens is 1. The summed E-state index contributed by atoms with van der Waals surface area (Å²) >= 11 is 0. The van der Waals surface area contributed by atoms with Crippen molar-refractivity contribution in [3.63, 3.8) is 0 Å². The summed E-state index contributed by atoms with van der Waals surface area (Å²) < 4.78 is 0. The van der Waals surface area contributed by atoms with Gasteiger partial charge in [-0.2, -0.15) is 0 Å². The minimum absolute atomic E-state index is 0.0191. The maximum atomic E-state index is 12.2. The number of nitrogens with zero attached hydrogens (tertiary/aromatic N) is 2. The first-order valence-electron chi connectivity index (χ1n) is 7.62. The van der Waals surface area contributed by atoms with Crippen molar-refractivity contribution in [1.29, 1.82) is 0 Å². The van der Waals surface area contributed by atoms with Gasteiger partial charge in [-0.1, -0.05) is 11.6 Å². The molecule has 1 aromatic rings. The van der Waals surface area contributed by atoms with Crippen molar-refractivity contribution in [2.45, 2.75) is 25.7 Å². The van der Waals surface area contributed by atoms with Gasteiger partial charge in [-0.15, -0.1) is 0 Å². The second kappa shape index (κ2) is 6.16. The zero-order chi connectivity index (χ0) is 14.7. The Hall–Kier alpha value is -2.04. The minimum Gasteiger partial charge on any atom is -0.357 e. The third-order valence-corrected chi connectivity index (χ3v) is 4.26. The lowest BCUT2D eigenvalue weighted by atomic mass is 10.1. The van der Waals surface area contributed by atoms with Gasteiger partial charge >= 0.3 is 0 Å². The summed E-state index contributed by atoms with van der Waals surface area (Å²) in [6.07, 6.45) is 7.87. The Bertz CT molecular complexity index is 540. The van der Waals surface area contributed by atoms with E-state index in [0.717, 1.165) is 12.8 Å². The van der Waals surface area contributed by atoms with E-state index in [2.05, 4.69) is 11.1 Å². The van der Waals surface area contributed by atoms with Crippen molar-refractivity contribution in [1.82, 2.24) is 14.8 Å². The summed E-state index contributed by atoms with van der Waals surface area (Å²) in [5.41, 5.74) is 1.90. The van der Waals surface area contributed by atoms with E-state index in [0.29, 0.717) is 38.3 Å². The van der Waals surface area contributed by atoms with Crippen LogP contribution in [0.1, 0.15) is 36.2 Å². The molecule has 1 saturated heterocycles. The van der Waals surface area contributed by atoms with E-state index < -0.39 is 0 Å². The molecule has 0 bridgehead atoms. The zero-order valence-electron chi connectivity index (χ0n) is 12.2. The highest BCUT2D eigenvalue weighted by molar-refractivity contribution is 5.92. The molecular formula is C16H21N3O2. The van der Waals surface area contributed by atoms with Crippen LogP contribution in [0.15, 0.2) is 30.0 Å². The fraction of sp³-hybridized carbons (Fsp3) is 0.500. The van der Waals surface area contributed by atoms with Gasteiger partial charge in [0.25, 0.3) is 5.91 Å². The minimum atomic E-state index is 0.0191. The molecule has 1 N–H and O–H groups in total. The first-order chi connectivity index (χ1) is 10.2. The summed E-state index contributed by atoms with van der Waals surface area (Å²) in [4.78, 5) is 31.1. The van der Waals surface area contributed by atoms with Crippen molar-refractivity contribution < 1.29 is 9.59 Å². The Morgan fingerprint density at radius 1 is 1.14 bits per heavy atom. The molecule has 0 spiro atoms. The second-order valence-corrected chi connectivity index (χ2v) is 5.69. The average molecular weight is 287 g/mol. The number of piperazine rings is 1. The number of hydrogen-bond donors (Lipinski definition) is 1. The van der Waals surface area contributed by atoms with Crippen LogP contribution in [-0.4, -0.2) is 52.8 Å². The van der Waals surface area contributed by atoms with Crippen molar-refractivity contribution >= 4 is 11.8 Å². The van der Waals surface area contributed by atoms with Crippen LogP contribution in [0.25, 0.3) is 0 Å². The third-order valence-electron chi connectivity index (χ3n) is 4.26. The normalized spacial score (nSPS) is 18.8. The van der Waals surface area contributed by atoms with Crippen LogP contribution in [0.2, 0.25) is 0 Å². The number of carbonyl (C=O) groups is 2. The molecule has 112 valence electrons. The van der Waals surface area contributed by atoms with Crippen molar-refractivity contribution in [2.75, 3.05) is 26.2 Å². The molecule has 21 heavy (non-hydrogen) atoms. The van der Waals surface area contributed by atoms with Crippen molar-refractivity contribution in [3.8, 4) is 0 Å². The van der Waals surface area contributed by atoms with E-state index in [1.165, 1.54) is 12.0 Å². The number of H-pyrrole nitrogens is 1. The number of allylic oxidation sites excluding steroid dienone is 1. The van der Waals surface area contributed by atoms with Crippen LogP contribution in [0.5, 0.6) is 0 Å². The van der Waals surface area contributed by atoms with Crippen LogP contribution in [0.3, 0.4) is 0 Å². The van der Waals surface area contributed by atoms with E-state index in [-0.39, 0.29) is 11.8 Å². The number of nitrogens with one attached hydrogen (secondary N) is 1.